The minimum absolute atomic E-state index is 0.0305. The van der Waals surface area contributed by atoms with Crippen molar-refractivity contribution in [2.75, 3.05) is 18.4 Å². The van der Waals surface area contributed by atoms with E-state index in [1.165, 1.54) is 0 Å². The summed E-state index contributed by atoms with van der Waals surface area (Å²) >= 11 is 0. The van der Waals surface area contributed by atoms with Crippen LogP contribution in [0.3, 0.4) is 0 Å². The van der Waals surface area contributed by atoms with Crippen molar-refractivity contribution in [3.8, 4) is 0 Å². The van der Waals surface area contributed by atoms with Crippen LogP contribution in [0.5, 0.6) is 0 Å². The van der Waals surface area contributed by atoms with Crippen LogP contribution in [-0.4, -0.2) is 48.7 Å². The van der Waals surface area contributed by atoms with Gasteiger partial charge in [0.05, 0.1) is 22.6 Å². The third kappa shape index (κ3) is 3.55. The molecule has 1 aliphatic rings. The Bertz CT molecular complexity index is 1150. The van der Waals surface area contributed by atoms with Crippen molar-refractivity contribution in [2.45, 2.75) is 19.9 Å². The van der Waals surface area contributed by atoms with E-state index in [-0.39, 0.29) is 23.4 Å². The number of hydrogen-bond acceptors (Lipinski definition) is 4. The van der Waals surface area contributed by atoms with E-state index in [9.17, 15) is 14.4 Å². The third-order valence-electron chi connectivity index (χ3n) is 5.47. The molecule has 152 valence electrons. The molecule has 1 saturated heterocycles. The molecule has 1 aromatic carbocycles. The molecule has 3 heterocycles. The summed E-state index contributed by atoms with van der Waals surface area (Å²) in [7, 11) is 3.42. The maximum absolute atomic E-state index is 12.5. The number of amides is 2. The number of carbonyl (C=O) groups is 2. The minimum Gasteiger partial charge on any atom is -0.341 e. The lowest BCUT2D eigenvalue weighted by Gasteiger charge is -2.38. The number of hydrogen-bond donors (Lipinski definition) is 1. The van der Waals surface area contributed by atoms with Crippen LogP contribution >= 0.6 is 0 Å². The molecular formula is C20H24N6O3. The van der Waals surface area contributed by atoms with E-state index in [0.717, 1.165) is 16.7 Å². The number of rotatable bonds is 5. The molecule has 1 N–H and O–H groups in total. The molecule has 0 bridgehead atoms. The first-order valence-electron chi connectivity index (χ1n) is 9.57. The van der Waals surface area contributed by atoms with Gasteiger partial charge in [0.1, 0.15) is 0 Å². The maximum Gasteiger partial charge on any atom is 0.328 e. The van der Waals surface area contributed by atoms with Gasteiger partial charge in [0.15, 0.2) is 0 Å². The molecule has 0 saturated carbocycles. The van der Waals surface area contributed by atoms with Crippen molar-refractivity contribution in [3.05, 3.63) is 46.6 Å². The number of anilines is 1. The molecule has 0 spiro atoms. The average molecular weight is 396 g/mol. The predicted molar refractivity (Wildman–Crippen MR) is 108 cm³/mol. The normalized spacial score (nSPS) is 14.2. The summed E-state index contributed by atoms with van der Waals surface area (Å²) in [4.78, 5) is 38.5. The zero-order valence-corrected chi connectivity index (χ0v) is 16.8. The molecule has 4 rings (SSSR count). The van der Waals surface area contributed by atoms with Gasteiger partial charge in [0.2, 0.25) is 11.8 Å². The van der Waals surface area contributed by atoms with Gasteiger partial charge in [0, 0.05) is 52.0 Å². The highest BCUT2D eigenvalue weighted by Gasteiger charge is 2.35. The Morgan fingerprint density at radius 1 is 1.14 bits per heavy atom. The van der Waals surface area contributed by atoms with E-state index in [1.807, 2.05) is 25.3 Å². The smallest absolute Gasteiger partial charge is 0.328 e. The molecule has 0 aliphatic carbocycles. The van der Waals surface area contributed by atoms with Crippen molar-refractivity contribution < 1.29 is 9.59 Å². The highest BCUT2D eigenvalue weighted by Crippen LogP contribution is 2.21. The number of likely N-dealkylation sites (tertiary alicyclic amines) is 1. The molecule has 1 aliphatic heterocycles. The second kappa shape index (κ2) is 7.23. The SMILES string of the molecule is Cc1ccn(CCC(=O)N2CC(C(=O)Nc3ccc4c(c3)n(C)c(=O)n4C)C2)n1. The highest BCUT2D eigenvalue weighted by atomic mass is 16.2. The van der Waals surface area contributed by atoms with Crippen molar-refractivity contribution in [3.63, 3.8) is 0 Å². The van der Waals surface area contributed by atoms with Crippen LogP contribution in [-0.2, 0) is 30.2 Å². The van der Waals surface area contributed by atoms with E-state index in [2.05, 4.69) is 10.4 Å². The molecule has 0 unspecified atom stereocenters. The van der Waals surface area contributed by atoms with E-state index in [0.29, 0.717) is 31.7 Å². The summed E-state index contributed by atoms with van der Waals surface area (Å²) in [5.41, 5.74) is 3.02. The molecular weight excluding hydrogens is 372 g/mol. The Morgan fingerprint density at radius 2 is 1.86 bits per heavy atom. The molecule has 3 aromatic rings. The van der Waals surface area contributed by atoms with Crippen LogP contribution in [0.4, 0.5) is 5.69 Å². The first-order chi connectivity index (χ1) is 13.8. The Morgan fingerprint density at radius 3 is 2.55 bits per heavy atom. The Labute approximate surface area is 167 Å². The van der Waals surface area contributed by atoms with Crippen molar-refractivity contribution in [2.24, 2.45) is 20.0 Å². The average Bonchev–Trinajstić information content (AvgIpc) is 3.16. The standard InChI is InChI=1S/C20H24N6O3/c1-13-6-8-26(22-13)9-7-18(27)25-11-14(12-25)19(28)21-15-4-5-16-17(10-15)24(3)20(29)23(16)2/h4-6,8,10,14H,7,9,11-12H2,1-3H3,(H,21,28). The van der Waals surface area contributed by atoms with Crippen LogP contribution in [0.15, 0.2) is 35.3 Å². The number of aryl methyl sites for hydroxylation is 4. The summed E-state index contributed by atoms with van der Waals surface area (Å²) in [6.45, 7) is 3.30. The number of nitrogens with zero attached hydrogens (tertiary/aromatic N) is 5. The van der Waals surface area contributed by atoms with Crippen LogP contribution in [0.1, 0.15) is 12.1 Å². The Hall–Kier alpha value is -3.36. The van der Waals surface area contributed by atoms with Gasteiger partial charge in [-0.15, -0.1) is 0 Å². The van der Waals surface area contributed by atoms with Crippen molar-refractivity contribution >= 4 is 28.5 Å². The van der Waals surface area contributed by atoms with Crippen LogP contribution in [0.25, 0.3) is 11.0 Å². The topological polar surface area (TPSA) is 94.2 Å². The molecule has 2 amide bonds. The van der Waals surface area contributed by atoms with E-state index in [1.54, 1.807) is 44.9 Å². The number of aromatic nitrogens is 4. The number of fused-ring (bicyclic) bond motifs is 1. The monoisotopic (exact) mass is 396 g/mol. The van der Waals surface area contributed by atoms with Crippen LogP contribution in [0.2, 0.25) is 0 Å². The lowest BCUT2D eigenvalue weighted by molar-refractivity contribution is -0.141. The zero-order valence-electron chi connectivity index (χ0n) is 16.8. The summed E-state index contributed by atoms with van der Waals surface area (Å²) in [6.07, 6.45) is 2.22. The highest BCUT2D eigenvalue weighted by molar-refractivity contribution is 5.96. The first-order valence-corrected chi connectivity index (χ1v) is 9.57. The fourth-order valence-electron chi connectivity index (χ4n) is 3.63. The van der Waals surface area contributed by atoms with E-state index < -0.39 is 0 Å². The maximum atomic E-state index is 12.5. The number of benzene rings is 1. The third-order valence-corrected chi connectivity index (χ3v) is 5.47. The number of imidazole rings is 1. The van der Waals surface area contributed by atoms with Gasteiger partial charge < -0.3 is 10.2 Å². The minimum atomic E-state index is -0.221. The molecule has 9 nitrogen and oxygen atoms in total. The molecule has 9 heteroatoms. The summed E-state index contributed by atoms with van der Waals surface area (Å²) in [6, 6.07) is 7.30. The van der Waals surface area contributed by atoms with Gasteiger partial charge in [0.25, 0.3) is 0 Å². The molecule has 0 radical (unpaired) electrons. The lowest BCUT2D eigenvalue weighted by atomic mass is 9.98. The molecule has 1 fully saturated rings. The first kappa shape index (κ1) is 19.0. The molecule has 2 aromatic heterocycles. The van der Waals surface area contributed by atoms with E-state index >= 15 is 0 Å². The zero-order chi connectivity index (χ0) is 20.7. The van der Waals surface area contributed by atoms with Gasteiger partial charge in [-0.25, -0.2) is 4.79 Å². The summed E-state index contributed by atoms with van der Waals surface area (Å²) in [5, 5.41) is 7.17. The number of carbonyl (C=O) groups excluding carboxylic acids is 2. The van der Waals surface area contributed by atoms with Gasteiger partial charge in [-0.3, -0.25) is 23.4 Å². The second-order valence-corrected chi connectivity index (χ2v) is 7.56. The fourth-order valence-corrected chi connectivity index (χ4v) is 3.63. The summed E-state index contributed by atoms with van der Waals surface area (Å²) in [5.74, 6) is -0.305. The van der Waals surface area contributed by atoms with Crippen molar-refractivity contribution in [1.29, 1.82) is 0 Å². The van der Waals surface area contributed by atoms with E-state index in [4.69, 9.17) is 0 Å². The quantitative estimate of drug-likeness (QED) is 0.692. The van der Waals surface area contributed by atoms with Gasteiger partial charge in [-0.1, -0.05) is 0 Å². The van der Waals surface area contributed by atoms with Gasteiger partial charge >= 0.3 is 5.69 Å². The lowest BCUT2D eigenvalue weighted by Crippen LogP contribution is -2.54. The Kier molecular flexibility index (Phi) is 4.73. The summed E-state index contributed by atoms with van der Waals surface area (Å²) < 4.78 is 4.88. The van der Waals surface area contributed by atoms with Crippen LogP contribution in [0, 0.1) is 12.8 Å². The van der Waals surface area contributed by atoms with Crippen molar-refractivity contribution in [1.82, 2.24) is 23.8 Å². The number of nitrogens with one attached hydrogen (secondary N) is 1. The fraction of sp³-hybridized carbons (Fsp3) is 0.400. The Balaban J connectivity index is 1.31. The molecule has 29 heavy (non-hydrogen) atoms. The van der Waals surface area contributed by atoms with Gasteiger partial charge in [-0.2, -0.15) is 5.10 Å². The largest absolute Gasteiger partial charge is 0.341 e. The van der Waals surface area contributed by atoms with Crippen LogP contribution < -0.4 is 11.0 Å². The molecule has 0 atom stereocenters. The van der Waals surface area contributed by atoms with Gasteiger partial charge in [-0.05, 0) is 31.2 Å². The second-order valence-electron chi connectivity index (χ2n) is 7.56. The predicted octanol–water partition coefficient (Wildman–Crippen LogP) is 0.869.